The third-order valence-electron chi connectivity index (χ3n) is 5.80. The van der Waals surface area contributed by atoms with Crippen LogP contribution in [-0.2, 0) is 11.3 Å². The molecule has 3 aromatic rings. The zero-order valence-electron chi connectivity index (χ0n) is 17.9. The van der Waals surface area contributed by atoms with Gasteiger partial charge in [-0.3, -0.25) is 14.7 Å². The fourth-order valence-electron chi connectivity index (χ4n) is 3.95. The van der Waals surface area contributed by atoms with E-state index in [0.29, 0.717) is 42.9 Å². The van der Waals surface area contributed by atoms with Gasteiger partial charge in [-0.25, -0.2) is 4.98 Å². The average molecular weight is 422 g/mol. The van der Waals surface area contributed by atoms with Crippen LogP contribution >= 0.6 is 0 Å². The Morgan fingerprint density at radius 2 is 1.97 bits per heavy atom. The Balaban J connectivity index is 1.61. The first-order valence-corrected chi connectivity index (χ1v) is 10.6. The van der Waals surface area contributed by atoms with Crippen molar-refractivity contribution in [1.29, 1.82) is 0 Å². The number of Topliss-reactive ketones (excluding diaryl/α,β-unsaturated/α-hetero) is 1. The second-order valence-electron chi connectivity index (χ2n) is 7.80. The summed E-state index contributed by atoms with van der Waals surface area (Å²) in [4.78, 5) is 31.3. The quantitative estimate of drug-likeness (QED) is 0.605. The number of nitrogens with one attached hydrogen (secondary N) is 2. The number of H-pyrrole nitrogens is 1. The van der Waals surface area contributed by atoms with Gasteiger partial charge in [-0.05, 0) is 37.5 Å². The zero-order chi connectivity index (χ0) is 21.8. The first-order chi connectivity index (χ1) is 15.1. The van der Waals surface area contributed by atoms with Crippen LogP contribution < -0.4 is 10.1 Å². The van der Waals surface area contributed by atoms with Crippen LogP contribution in [0.25, 0.3) is 11.0 Å². The molecule has 8 heteroatoms. The normalized spacial score (nSPS) is 14.6. The molecule has 8 nitrogen and oxygen atoms in total. The van der Waals surface area contributed by atoms with Crippen LogP contribution in [0.2, 0.25) is 0 Å². The number of ketones is 1. The number of aromatic amines is 1. The number of hydrogen-bond donors (Lipinski definition) is 2. The van der Waals surface area contributed by atoms with Gasteiger partial charge >= 0.3 is 0 Å². The van der Waals surface area contributed by atoms with E-state index in [1.54, 1.807) is 24.4 Å². The van der Waals surface area contributed by atoms with E-state index in [1.165, 1.54) is 0 Å². The summed E-state index contributed by atoms with van der Waals surface area (Å²) in [6.45, 7) is 3.01. The van der Waals surface area contributed by atoms with Gasteiger partial charge in [-0.15, -0.1) is 0 Å². The molecule has 31 heavy (non-hydrogen) atoms. The van der Waals surface area contributed by atoms with E-state index in [2.05, 4.69) is 20.5 Å². The van der Waals surface area contributed by atoms with Crippen LogP contribution in [0.1, 0.15) is 48.5 Å². The smallest absolute Gasteiger partial charge is 0.257 e. The van der Waals surface area contributed by atoms with Crippen molar-refractivity contribution < 1.29 is 14.3 Å². The highest BCUT2D eigenvalue weighted by atomic mass is 16.5. The molecular weight excluding hydrogens is 394 g/mol. The van der Waals surface area contributed by atoms with Crippen LogP contribution in [0.15, 0.2) is 36.7 Å². The number of fused-ring (bicyclic) bond motifs is 1. The molecule has 0 spiro atoms. The maximum absolute atomic E-state index is 13.5. The van der Waals surface area contributed by atoms with Crippen LogP contribution in [0.5, 0.6) is 5.75 Å². The molecule has 1 amide bonds. The van der Waals surface area contributed by atoms with Gasteiger partial charge in [0, 0.05) is 38.2 Å². The van der Waals surface area contributed by atoms with Gasteiger partial charge in [0.25, 0.3) is 5.91 Å². The summed E-state index contributed by atoms with van der Waals surface area (Å²) in [7, 11) is 1.63. The summed E-state index contributed by atoms with van der Waals surface area (Å²) in [6.07, 6.45) is 5.96. The van der Waals surface area contributed by atoms with E-state index in [4.69, 9.17) is 4.74 Å². The lowest BCUT2D eigenvalue weighted by Gasteiger charge is -2.27. The Bertz CT molecular complexity index is 1070. The van der Waals surface area contributed by atoms with Crippen LogP contribution in [-0.4, -0.2) is 51.5 Å². The zero-order valence-corrected chi connectivity index (χ0v) is 17.9. The first-order valence-electron chi connectivity index (χ1n) is 10.6. The van der Waals surface area contributed by atoms with Crippen molar-refractivity contribution in [2.24, 2.45) is 0 Å². The first kappa shape index (κ1) is 20.8. The topological polar surface area (TPSA) is 100 Å². The summed E-state index contributed by atoms with van der Waals surface area (Å²) < 4.78 is 5.22. The average Bonchev–Trinajstić information content (AvgIpc) is 3.28. The van der Waals surface area contributed by atoms with Crippen LogP contribution in [0.4, 0.5) is 5.69 Å². The number of aromatic nitrogens is 3. The van der Waals surface area contributed by atoms with E-state index in [-0.39, 0.29) is 11.9 Å². The Morgan fingerprint density at radius 3 is 2.65 bits per heavy atom. The molecule has 1 aliphatic carbocycles. The molecule has 4 rings (SSSR count). The highest BCUT2D eigenvalue weighted by Crippen LogP contribution is 2.29. The molecule has 2 heterocycles. The Labute approximate surface area is 181 Å². The number of carbonyl (C=O) groups is 2. The third-order valence-corrected chi connectivity index (χ3v) is 5.80. The summed E-state index contributed by atoms with van der Waals surface area (Å²) in [5.74, 6) is 0.989. The van der Waals surface area contributed by atoms with Gasteiger partial charge in [-0.1, -0.05) is 12.1 Å². The highest BCUT2D eigenvalue weighted by Gasteiger charge is 2.25. The van der Waals surface area contributed by atoms with Gasteiger partial charge in [0.05, 0.1) is 29.9 Å². The van der Waals surface area contributed by atoms with Crippen molar-refractivity contribution >= 4 is 28.4 Å². The molecule has 162 valence electrons. The van der Waals surface area contributed by atoms with Gasteiger partial charge in [-0.2, -0.15) is 5.10 Å². The van der Waals surface area contributed by atoms with Gasteiger partial charge in [0.1, 0.15) is 11.5 Å². The number of hydrogen-bond acceptors (Lipinski definition) is 6. The molecule has 0 saturated heterocycles. The molecule has 2 aromatic heterocycles. The van der Waals surface area contributed by atoms with E-state index >= 15 is 0 Å². The molecule has 0 bridgehead atoms. The Morgan fingerprint density at radius 1 is 1.23 bits per heavy atom. The molecule has 0 atom stereocenters. The van der Waals surface area contributed by atoms with E-state index in [9.17, 15) is 9.59 Å². The minimum Gasteiger partial charge on any atom is -0.497 e. The number of rotatable bonds is 7. The number of pyridine rings is 1. The van der Waals surface area contributed by atoms with E-state index < -0.39 is 0 Å². The van der Waals surface area contributed by atoms with Crippen LogP contribution in [0, 0.1) is 0 Å². The van der Waals surface area contributed by atoms with Crippen molar-refractivity contribution in [3.8, 4) is 5.75 Å². The molecule has 1 aromatic carbocycles. The SMILES string of the molecule is CCN(Cc1ccc(OC)cc1)C(=O)c1cnc2[nH]ncc2c1NC1CCC(=O)CC1. The van der Waals surface area contributed by atoms with Crippen molar-refractivity contribution in [3.63, 3.8) is 0 Å². The van der Waals surface area contributed by atoms with Crippen molar-refractivity contribution in [2.45, 2.75) is 45.2 Å². The molecule has 2 N–H and O–H groups in total. The second kappa shape index (κ2) is 9.16. The predicted molar refractivity (Wildman–Crippen MR) is 118 cm³/mol. The van der Waals surface area contributed by atoms with E-state index in [1.807, 2.05) is 31.2 Å². The number of methoxy groups -OCH3 is 1. The largest absolute Gasteiger partial charge is 0.497 e. The Kier molecular flexibility index (Phi) is 6.16. The number of benzene rings is 1. The van der Waals surface area contributed by atoms with Crippen LogP contribution in [0.3, 0.4) is 0 Å². The van der Waals surface area contributed by atoms with Gasteiger partial charge < -0.3 is 15.0 Å². The molecule has 0 aliphatic heterocycles. The lowest BCUT2D eigenvalue weighted by Crippen LogP contribution is -2.32. The van der Waals surface area contributed by atoms with Gasteiger partial charge in [0.2, 0.25) is 0 Å². The maximum atomic E-state index is 13.5. The highest BCUT2D eigenvalue weighted by molar-refractivity contribution is 6.06. The summed E-state index contributed by atoms with van der Waals surface area (Å²) >= 11 is 0. The molecule has 0 unspecified atom stereocenters. The maximum Gasteiger partial charge on any atom is 0.257 e. The number of carbonyl (C=O) groups excluding carboxylic acids is 2. The number of ether oxygens (including phenoxy) is 1. The lowest BCUT2D eigenvalue weighted by molar-refractivity contribution is -0.120. The number of anilines is 1. The second-order valence-corrected chi connectivity index (χ2v) is 7.80. The predicted octanol–water partition coefficient (Wildman–Crippen LogP) is 3.55. The standard InChI is InChI=1S/C23H27N5O3/c1-3-28(14-15-4-10-18(31-2)11-5-15)23(30)20-12-24-22-19(13-25-27-22)21(20)26-16-6-8-17(29)9-7-16/h4-5,10-13,16H,3,6-9,14H2,1-2H3,(H2,24,25,26,27). The molecule has 1 saturated carbocycles. The summed E-state index contributed by atoms with van der Waals surface area (Å²) in [5, 5.41) is 11.3. The fraction of sp³-hybridized carbons (Fsp3) is 0.391. The minimum atomic E-state index is -0.0942. The Hall–Kier alpha value is -3.42. The third kappa shape index (κ3) is 4.52. The minimum absolute atomic E-state index is 0.0942. The fourth-order valence-corrected chi connectivity index (χ4v) is 3.95. The number of amides is 1. The van der Waals surface area contributed by atoms with Crippen molar-refractivity contribution in [3.05, 3.63) is 47.8 Å². The summed E-state index contributed by atoms with van der Waals surface area (Å²) in [5.41, 5.74) is 2.90. The summed E-state index contributed by atoms with van der Waals surface area (Å²) in [6, 6.07) is 7.85. The molecule has 0 radical (unpaired) electrons. The molecule has 1 fully saturated rings. The van der Waals surface area contributed by atoms with Gasteiger partial charge in [0.15, 0.2) is 5.65 Å². The van der Waals surface area contributed by atoms with E-state index in [0.717, 1.165) is 35.2 Å². The lowest BCUT2D eigenvalue weighted by atomic mass is 9.94. The molecule has 1 aliphatic rings. The molecular formula is C23H27N5O3. The monoisotopic (exact) mass is 421 g/mol. The van der Waals surface area contributed by atoms with Crippen molar-refractivity contribution in [2.75, 3.05) is 19.0 Å². The number of nitrogens with zero attached hydrogens (tertiary/aromatic N) is 3. The van der Waals surface area contributed by atoms with Crippen molar-refractivity contribution in [1.82, 2.24) is 20.1 Å².